The highest BCUT2D eigenvalue weighted by atomic mass is 16.5. The Balaban J connectivity index is 0.000000701. The summed E-state index contributed by atoms with van der Waals surface area (Å²) in [6.45, 7) is -0.250. The first-order valence-corrected chi connectivity index (χ1v) is 7.09. The predicted octanol–water partition coefficient (Wildman–Crippen LogP) is 0.775. The SMILES string of the molecule is COC(=O)c1[nH]nc2c1C(c1ccnc(OC)c1)CC(=O)N2.O=CO. The number of carboxylic acid groups (broad SMARTS) is 1. The number of esters is 1. The zero-order valence-electron chi connectivity index (χ0n) is 13.5. The number of H-pyrrole nitrogens is 1. The molecule has 25 heavy (non-hydrogen) atoms. The number of methoxy groups -OCH3 is 2. The molecule has 1 aliphatic rings. The third-order valence-corrected chi connectivity index (χ3v) is 3.56. The number of carbonyl (C=O) groups excluding carboxylic acids is 2. The molecule has 3 heterocycles. The number of carbonyl (C=O) groups is 3. The van der Waals surface area contributed by atoms with Gasteiger partial charge in [-0.05, 0) is 11.6 Å². The van der Waals surface area contributed by atoms with Gasteiger partial charge in [-0.25, -0.2) is 9.78 Å². The standard InChI is InChI=1S/C14H14N4O4.CH2O2/c1-21-10-5-7(3-4-15-10)8-6-9(19)16-13-11(8)12(17-18-13)14(20)22-2;2-1-3/h3-5,8H,6H2,1-2H3,(H2,16,17,18,19);1H,(H,2,3). The summed E-state index contributed by atoms with van der Waals surface area (Å²) in [5.74, 6) is -0.244. The highest BCUT2D eigenvalue weighted by Gasteiger charge is 2.34. The summed E-state index contributed by atoms with van der Waals surface area (Å²) in [4.78, 5) is 36.2. The quantitative estimate of drug-likeness (QED) is 0.545. The molecule has 0 saturated heterocycles. The van der Waals surface area contributed by atoms with Crippen LogP contribution in [0.5, 0.6) is 5.88 Å². The maximum absolute atomic E-state index is 11.9. The maximum Gasteiger partial charge on any atom is 0.356 e. The van der Waals surface area contributed by atoms with Crippen LogP contribution in [0.15, 0.2) is 18.3 Å². The van der Waals surface area contributed by atoms with Crippen LogP contribution in [0.2, 0.25) is 0 Å². The summed E-state index contributed by atoms with van der Waals surface area (Å²) in [6, 6.07) is 3.52. The van der Waals surface area contributed by atoms with Gasteiger partial charge >= 0.3 is 5.97 Å². The van der Waals surface area contributed by atoms with Crippen molar-refractivity contribution in [1.82, 2.24) is 15.2 Å². The first kappa shape index (κ1) is 17.9. The van der Waals surface area contributed by atoms with Crippen LogP contribution in [0.1, 0.15) is 34.0 Å². The number of nitrogens with one attached hydrogen (secondary N) is 2. The Kier molecular flexibility index (Phi) is 5.66. The molecule has 0 radical (unpaired) electrons. The third kappa shape index (κ3) is 3.74. The van der Waals surface area contributed by atoms with E-state index in [0.29, 0.717) is 17.3 Å². The second kappa shape index (κ2) is 7.90. The lowest BCUT2D eigenvalue weighted by Crippen LogP contribution is -2.24. The summed E-state index contributed by atoms with van der Waals surface area (Å²) in [5, 5.41) is 16.2. The molecule has 10 heteroatoms. The summed E-state index contributed by atoms with van der Waals surface area (Å²) in [7, 11) is 2.81. The van der Waals surface area contributed by atoms with Gasteiger partial charge < -0.3 is 19.9 Å². The third-order valence-electron chi connectivity index (χ3n) is 3.56. The van der Waals surface area contributed by atoms with Gasteiger partial charge in [0.1, 0.15) is 5.69 Å². The van der Waals surface area contributed by atoms with Gasteiger partial charge in [-0.2, -0.15) is 5.10 Å². The van der Waals surface area contributed by atoms with Gasteiger partial charge in [-0.15, -0.1) is 0 Å². The van der Waals surface area contributed by atoms with Gasteiger partial charge in [0.15, 0.2) is 5.82 Å². The lowest BCUT2D eigenvalue weighted by Gasteiger charge is -2.23. The van der Waals surface area contributed by atoms with Crippen molar-refractivity contribution in [3.8, 4) is 5.88 Å². The van der Waals surface area contributed by atoms with E-state index >= 15 is 0 Å². The molecular formula is C15H16N4O6. The molecule has 1 atom stereocenters. The van der Waals surface area contributed by atoms with Crippen molar-refractivity contribution in [3.05, 3.63) is 35.2 Å². The van der Waals surface area contributed by atoms with Crippen LogP contribution >= 0.6 is 0 Å². The van der Waals surface area contributed by atoms with Gasteiger partial charge in [0.25, 0.3) is 6.47 Å². The molecule has 3 rings (SSSR count). The molecule has 0 bridgehead atoms. The summed E-state index contributed by atoms with van der Waals surface area (Å²) < 4.78 is 9.87. The fourth-order valence-corrected chi connectivity index (χ4v) is 2.55. The number of rotatable bonds is 3. The van der Waals surface area contributed by atoms with Crippen LogP contribution < -0.4 is 10.1 Å². The Morgan fingerprint density at radius 3 is 2.80 bits per heavy atom. The number of aromatic nitrogens is 3. The van der Waals surface area contributed by atoms with Crippen molar-refractivity contribution in [2.75, 3.05) is 19.5 Å². The van der Waals surface area contributed by atoms with Crippen molar-refractivity contribution < 1.29 is 29.0 Å². The second-order valence-corrected chi connectivity index (χ2v) is 4.89. The lowest BCUT2D eigenvalue weighted by molar-refractivity contribution is -0.123. The molecule has 132 valence electrons. The number of hydrogen-bond acceptors (Lipinski definition) is 7. The van der Waals surface area contributed by atoms with E-state index < -0.39 is 5.97 Å². The lowest BCUT2D eigenvalue weighted by atomic mass is 9.86. The maximum atomic E-state index is 11.9. The van der Waals surface area contributed by atoms with E-state index in [4.69, 9.17) is 19.4 Å². The minimum Gasteiger partial charge on any atom is -0.483 e. The number of amides is 1. The van der Waals surface area contributed by atoms with Crippen LogP contribution in [0.3, 0.4) is 0 Å². The molecule has 0 aromatic carbocycles. The smallest absolute Gasteiger partial charge is 0.356 e. The first-order chi connectivity index (χ1) is 12.0. The number of hydrogen-bond donors (Lipinski definition) is 3. The minimum atomic E-state index is -0.532. The molecule has 0 spiro atoms. The van der Waals surface area contributed by atoms with E-state index in [9.17, 15) is 9.59 Å². The zero-order chi connectivity index (χ0) is 18.4. The number of nitrogens with zero attached hydrogens (tertiary/aromatic N) is 2. The van der Waals surface area contributed by atoms with E-state index in [2.05, 4.69) is 20.5 Å². The number of ether oxygens (including phenoxy) is 2. The molecule has 2 aromatic rings. The van der Waals surface area contributed by atoms with E-state index in [1.54, 1.807) is 18.3 Å². The Morgan fingerprint density at radius 2 is 2.16 bits per heavy atom. The van der Waals surface area contributed by atoms with E-state index in [0.717, 1.165) is 5.56 Å². The summed E-state index contributed by atoms with van der Waals surface area (Å²) >= 11 is 0. The monoisotopic (exact) mass is 348 g/mol. The topological polar surface area (TPSA) is 144 Å². The van der Waals surface area contributed by atoms with Gasteiger partial charge in [0.05, 0.1) is 14.2 Å². The van der Waals surface area contributed by atoms with Crippen LogP contribution in [-0.4, -0.2) is 52.9 Å². The molecule has 10 nitrogen and oxygen atoms in total. The minimum absolute atomic E-state index is 0.170. The Morgan fingerprint density at radius 1 is 1.44 bits per heavy atom. The second-order valence-electron chi connectivity index (χ2n) is 4.89. The average Bonchev–Trinajstić information content (AvgIpc) is 3.04. The predicted molar refractivity (Wildman–Crippen MR) is 84.5 cm³/mol. The van der Waals surface area contributed by atoms with Crippen LogP contribution in [-0.2, 0) is 14.3 Å². The van der Waals surface area contributed by atoms with Crippen molar-refractivity contribution in [2.24, 2.45) is 0 Å². The molecule has 0 aliphatic carbocycles. The molecule has 1 unspecified atom stereocenters. The van der Waals surface area contributed by atoms with Crippen molar-refractivity contribution in [3.63, 3.8) is 0 Å². The Labute approximate surface area is 142 Å². The van der Waals surface area contributed by atoms with Gasteiger partial charge in [0, 0.05) is 30.2 Å². The number of anilines is 1. The molecular weight excluding hydrogens is 332 g/mol. The molecule has 1 aliphatic heterocycles. The Bertz CT molecular complexity index is 788. The van der Waals surface area contributed by atoms with Crippen molar-refractivity contribution >= 4 is 24.2 Å². The highest BCUT2D eigenvalue weighted by Crippen LogP contribution is 2.38. The van der Waals surface area contributed by atoms with Gasteiger partial charge in [-0.1, -0.05) is 0 Å². The summed E-state index contributed by atoms with van der Waals surface area (Å²) in [6.07, 6.45) is 1.79. The zero-order valence-corrected chi connectivity index (χ0v) is 13.5. The molecule has 0 saturated carbocycles. The summed E-state index contributed by atoms with van der Waals surface area (Å²) in [5.41, 5.74) is 1.66. The average molecular weight is 348 g/mol. The van der Waals surface area contributed by atoms with Gasteiger partial charge in [0.2, 0.25) is 11.8 Å². The number of fused-ring (bicyclic) bond motifs is 1. The van der Waals surface area contributed by atoms with Crippen LogP contribution in [0.25, 0.3) is 0 Å². The van der Waals surface area contributed by atoms with E-state index in [1.165, 1.54) is 14.2 Å². The fraction of sp³-hybridized carbons (Fsp3) is 0.267. The molecule has 3 N–H and O–H groups in total. The fourth-order valence-electron chi connectivity index (χ4n) is 2.55. The normalized spacial score (nSPS) is 15.1. The molecule has 0 fully saturated rings. The first-order valence-electron chi connectivity index (χ1n) is 7.09. The van der Waals surface area contributed by atoms with Crippen LogP contribution in [0.4, 0.5) is 5.82 Å². The van der Waals surface area contributed by atoms with E-state index in [1.807, 2.05) is 0 Å². The molecule has 1 amide bonds. The number of pyridine rings is 1. The Hall–Kier alpha value is -3.43. The molecule has 2 aromatic heterocycles. The largest absolute Gasteiger partial charge is 0.483 e. The van der Waals surface area contributed by atoms with Crippen molar-refractivity contribution in [2.45, 2.75) is 12.3 Å². The number of aromatic amines is 1. The van der Waals surface area contributed by atoms with Gasteiger partial charge in [-0.3, -0.25) is 14.7 Å². The van der Waals surface area contributed by atoms with Crippen LogP contribution in [0, 0.1) is 0 Å². The highest BCUT2D eigenvalue weighted by molar-refractivity contribution is 5.98. The van der Waals surface area contributed by atoms with Crippen molar-refractivity contribution in [1.29, 1.82) is 0 Å². The van der Waals surface area contributed by atoms with E-state index in [-0.39, 0.29) is 30.4 Å².